The van der Waals surface area contributed by atoms with Gasteiger partial charge < -0.3 is 14.8 Å². The molecule has 0 aliphatic carbocycles. The second-order valence-corrected chi connectivity index (χ2v) is 4.54. The average molecular weight is 305 g/mol. The topological polar surface area (TPSA) is 81.7 Å². The van der Waals surface area contributed by atoms with E-state index in [1.165, 1.54) is 21.1 Å². The molecule has 0 fully saturated rings. The van der Waals surface area contributed by atoms with Gasteiger partial charge in [-0.3, -0.25) is 9.59 Å². The first-order chi connectivity index (χ1) is 10.5. The van der Waals surface area contributed by atoms with Crippen LogP contribution in [-0.2, 0) is 19.1 Å². The molecule has 0 saturated heterocycles. The number of alkyl carbamates (subject to hydrolysis) is 1. The molecule has 1 N–H and O–H groups in total. The Hall–Kier alpha value is -2.63. The Morgan fingerprint density at radius 1 is 1.09 bits per heavy atom. The fourth-order valence-corrected chi connectivity index (χ4v) is 1.91. The number of Topliss-reactive ketones (excluding diaryl/α,β-unsaturated/α-hetero) is 1. The lowest BCUT2D eigenvalue weighted by molar-refractivity contribution is -0.149. The van der Waals surface area contributed by atoms with Crippen LogP contribution in [0.15, 0.2) is 36.4 Å². The van der Waals surface area contributed by atoms with Gasteiger partial charge in [0.05, 0.1) is 20.3 Å². The predicted octanol–water partition coefficient (Wildman–Crippen LogP) is 1.80. The largest absolute Gasteiger partial charge is 0.468 e. The highest BCUT2D eigenvalue weighted by molar-refractivity contribution is 5.99. The van der Waals surface area contributed by atoms with Crippen LogP contribution < -0.4 is 5.32 Å². The lowest BCUT2D eigenvalue weighted by Gasteiger charge is -2.21. The summed E-state index contributed by atoms with van der Waals surface area (Å²) < 4.78 is 9.16. The fraction of sp³-hybridized carbons (Fsp3) is 0.312. The number of benzene rings is 1. The van der Waals surface area contributed by atoms with Crippen LogP contribution in [0.2, 0.25) is 0 Å². The Balaban J connectivity index is 3.05. The van der Waals surface area contributed by atoms with Crippen LogP contribution >= 0.6 is 0 Å². The van der Waals surface area contributed by atoms with Gasteiger partial charge in [-0.25, -0.2) is 4.79 Å². The molecular formula is C16H19NO5. The number of hydrogen-bond acceptors (Lipinski definition) is 5. The van der Waals surface area contributed by atoms with Crippen molar-refractivity contribution in [3.05, 3.63) is 42.0 Å². The van der Waals surface area contributed by atoms with Crippen molar-refractivity contribution < 1.29 is 23.9 Å². The Kier molecular flexibility index (Phi) is 6.82. The number of carbonyl (C=O) groups is 3. The van der Waals surface area contributed by atoms with E-state index in [9.17, 15) is 14.4 Å². The maximum atomic E-state index is 11.8. The first-order valence-electron chi connectivity index (χ1n) is 6.65. The number of methoxy groups -OCH3 is 2. The zero-order valence-corrected chi connectivity index (χ0v) is 12.7. The molecule has 2 atom stereocenters. The highest BCUT2D eigenvalue weighted by Gasteiger charge is 2.33. The Labute approximate surface area is 129 Å². The Bertz CT molecular complexity index is 553. The summed E-state index contributed by atoms with van der Waals surface area (Å²) in [6.07, 6.45) is 2.53. The summed E-state index contributed by atoms with van der Waals surface area (Å²) in [5.74, 6) is -2.26. The molecule has 118 valence electrons. The lowest BCUT2D eigenvalue weighted by Crippen LogP contribution is -2.45. The summed E-state index contributed by atoms with van der Waals surface area (Å²) in [5, 5.41) is 2.46. The molecule has 1 rings (SSSR count). The van der Waals surface area contributed by atoms with Crippen molar-refractivity contribution in [2.75, 3.05) is 14.2 Å². The van der Waals surface area contributed by atoms with Crippen LogP contribution in [0.4, 0.5) is 4.79 Å². The minimum absolute atomic E-state index is 0.411. The molecule has 1 aromatic carbocycles. The third-order valence-corrected chi connectivity index (χ3v) is 3.02. The number of carbonyl (C=O) groups excluding carboxylic acids is 3. The minimum Gasteiger partial charge on any atom is -0.468 e. The number of ether oxygens (including phenoxy) is 2. The van der Waals surface area contributed by atoms with Gasteiger partial charge in [0.15, 0.2) is 0 Å². The van der Waals surface area contributed by atoms with Gasteiger partial charge in [-0.15, -0.1) is 0 Å². The molecule has 0 aliphatic heterocycles. The zero-order chi connectivity index (χ0) is 16.5. The van der Waals surface area contributed by atoms with Crippen molar-refractivity contribution >= 4 is 23.9 Å². The maximum absolute atomic E-state index is 11.8. The van der Waals surface area contributed by atoms with Gasteiger partial charge in [-0.05, 0) is 12.5 Å². The second kappa shape index (κ2) is 8.61. The first kappa shape index (κ1) is 17.4. The third kappa shape index (κ3) is 5.05. The van der Waals surface area contributed by atoms with E-state index in [4.69, 9.17) is 0 Å². The highest BCUT2D eigenvalue weighted by Crippen LogP contribution is 2.12. The van der Waals surface area contributed by atoms with E-state index in [1.54, 1.807) is 12.2 Å². The number of esters is 1. The van der Waals surface area contributed by atoms with E-state index in [2.05, 4.69) is 14.8 Å². The summed E-state index contributed by atoms with van der Waals surface area (Å²) in [4.78, 5) is 35.0. The molecule has 0 spiro atoms. The lowest BCUT2D eigenvalue weighted by atomic mass is 9.95. The molecule has 0 aromatic heterocycles. The maximum Gasteiger partial charge on any atom is 0.407 e. The van der Waals surface area contributed by atoms with E-state index in [-0.39, 0.29) is 0 Å². The van der Waals surface area contributed by atoms with E-state index in [1.807, 2.05) is 30.3 Å². The SMILES string of the molecule is COC(=O)N[C@H](/C=C/c1ccccc1)C(C(C)=O)C(=O)OC. The van der Waals surface area contributed by atoms with Crippen LogP contribution in [0.5, 0.6) is 0 Å². The highest BCUT2D eigenvalue weighted by atomic mass is 16.5. The smallest absolute Gasteiger partial charge is 0.407 e. The van der Waals surface area contributed by atoms with E-state index in [0.29, 0.717) is 0 Å². The Morgan fingerprint density at radius 2 is 1.73 bits per heavy atom. The van der Waals surface area contributed by atoms with Crippen LogP contribution in [0.3, 0.4) is 0 Å². The summed E-state index contributed by atoms with van der Waals surface area (Å²) in [6, 6.07) is 8.42. The van der Waals surface area contributed by atoms with Crippen LogP contribution in [0.25, 0.3) is 6.08 Å². The van der Waals surface area contributed by atoms with Gasteiger partial charge in [-0.1, -0.05) is 42.5 Å². The minimum atomic E-state index is -1.14. The fourth-order valence-electron chi connectivity index (χ4n) is 1.91. The molecule has 1 unspecified atom stereocenters. The molecule has 0 saturated carbocycles. The normalized spacial score (nSPS) is 13.2. The average Bonchev–Trinajstić information content (AvgIpc) is 2.52. The summed E-state index contributed by atoms with van der Waals surface area (Å²) >= 11 is 0. The summed E-state index contributed by atoms with van der Waals surface area (Å²) in [5.41, 5.74) is 0.867. The standard InChI is InChI=1S/C16H19NO5/c1-11(18)14(15(19)21-2)13(17-16(20)22-3)10-9-12-7-5-4-6-8-12/h4-10,13-14H,1-3H3,(H,17,20)/b10-9+/t13-,14?/m1/s1. The Morgan fingerprint density at radius 3 is 2.23 bits per heavy atom. The number of rotatable bonds is 6. The quantitative estimate of drug-likeness (QED) is 0.640. The van der Waals surface area contributed by atoms with Gasteiger partial charge in [0.2, 0.25) is 0 Å². The number of nitrogens with one attached hydrogen (secondary N) is 1. The van der Waals surface area contributed by atoms with Crippen molar-refractivity contribution in [1.29, 1.82) is 0 Å². The predicted molar refractivity (Wildman–Crippen MR) is 81.0 cm³/mol. The van der Waals surface area contributed by atoms with Gasteiger partial charge in [0.1, 0.15) is 11.7 Å². The number of amides is 1. The van der Waals surface area contributed by atoms with E-state index >= 15 is 0 Å². The van der Waals surface area contributed by atoms with Crippen LogP contribution in [0.1, 0.15) is 12.5 Å². The second-order valence-electron chi connectivity index (χ2n) is 4.54. The van der Waals surface area contributed by atoms with E-state index < -0.39 is 29.8 Å². The molecule has 6 heteroatoms. The first-order valence-corrected chi connectivity index (χ1v) is 6.65. The van der Waals surface area contributed by atoms with E-state index in [0.717, 1.165) is 5.56 Å². The third-order valence-electron chi connectivity index (χ3n) is 3.02. The monoisotopic (exact) mass is 305 g/mol. The molecular weight excluding hydrogens is 286 g/mol. The molecule has 0 radical (unpaired) electrons. The van der Waals surface area contributed by atoms with Crippen molar-refractivity contribution in [2.45, 2.75) is 13.0 Å². The van der Waals surface area contributed by atoms with Crippen molar-refractivity contribution in [2.24, 2.45) is 5.92 Å². The molecule has 1 aromatic rings. The zero-order valence-electron chi connectivity index (χ0n) is 12.7. The summed E-state index contributed by atoms with van der Waals surface area (Å²) in [6.45, 7) is 1.27. The summed E-state index contributed by atoms with van der Waals surface area (Å²) in [7, 11) is 2.39. The van der Waals surface area contributed by atoms with Crippen molar-refractivity contribution in [3.63, 3.8) is 0 Å². The van der Waals surface area contributed by atoms with Crippen molar-refractivity contribution in [1.82, 2.24) is 5.32 Å². The molecule has 0 bridgehead atoms. The van der Waals surface area contributed by atoms with Gasteiger partial charge in [0, 0.05) is 0 Å². The number of hydrogen-bond donors (Lipinski definition) is 1. The van der Waals surface area contributed by atoms with Gasteiger partial charge in [-0.2, -0.15) is 0 Å². The molecule has 1 amide bonds. The van der Waals surface area contributed by atoms with Gasteiger partial charge in [0.25, 0.3) is 0 Å². The molecule has 0 aliphatic rings. The molecule has 0 heterocycles. The van der Waals surface area contributed by atoms with Gasteiger partial charge >= 0.3 is 12.1 Å². The van der Waals surface area contributed by atoms with Crippen LogP contribution in [0, 0.1) is 5.92 Å². The molecule has 6 nitrogen and oxygen atoms in total. The number of ketones is 1. The van der Waals surface area contributed by atoms with Crippen molar-refractivity contribution in [3.8, 4) is 0 Å². The van der Waals surface area contributed by atoms with Crippen LogP contribution in [-0.4, -0.2) is 38.1 Å². The molecule has 22 heavy (non-hydrogen) atoms.